The summed E-state index contributed by atoms with van der Waals surface area (Å²) in [5.41, 5.74) is 1.46. The van der Waals surface area contributed by atoms with Crippen LogP contribution in [0.1, 0.15) is 19.4 Å². The molecule has 2 rings (SSSR count). The smallest absolute Gasteiger partial charge is 0.250 e. The summed E-state index contributed by atoms with van der Waals surface area (Å²) in [6, 6.07) is 15.7. The van der Waals surface area contributed by atoms with Crippen LogP contribution in [0.5, 0.6) is 0 Å². The first kappa shape index (κ1) is 14.5. The van der Waals surface area contributed by atoms with E-state index in [9.17, 15) is 4.79 Å². The molecule has 0 aliphatic rings. The lowest BCUT2D eigenvalue weighted by Gasteiger charge is -2.25. The van der Waals surface area contributed by atoms with Crippen LogP contribution in [0.25, 0.3) is 0 Å². The lowest BCUT2D eigenvalue weighted by Crippen LogP contribution is -2.35. The number of nitrogens with zero attached hydrogens (tertiary/aromatic N) is 1. The second-order valence-electron chi connectivity index (χ2n) is 5.66. The molecule has 0 aliphatic heterocycles. The molecule has 3 heteroatoms. The molecular formula is C17H22N2O. The Kier molecular flexibility index (Phi) is 4.74. The highest BCUT2D eigenvalue weighted by molar-refractivity contribution is 5.23. The highest BCUT2D eigenvalue weighted by Crippen LogP contribution is 2.21. The summed E-state index contributed by atoms with van der Waals surface area (Å²) in [4.78, 5) is 11.6. The summed E-state index contributed by atoms with van der Waals surface area (Å²) in [5, 5.41) is 3.44. The van der Waals surface area contributed by atoms with Gasteiger partial charge in [-0.05, 0) is 11.6 Å². The number of aromatic nitrogens is 1. The van der Waals surface area contributed by atoms with Gasteiger partial charge >= 0.3 is 0 Å². The average Bonchev–Trinajstić information content (AvgIpc) is 2.46. The van der Waals surface area contributed by atoms with Crippen LogP contribution in [0.4, 0.5) is 0 Å². The lowest BCUT2D eigenvalue weighted by atomic mass is 9.85. The Labute approximate surface area is 120 Å². The van der Waals surface area contributed by atoms with E-state index in [0.717, 1.165) is 13.1 Å². The molecule has 1 heterocycles. The van der Waals surface area contributed by atoms with Gasteiger partial charge in [0.15, 0.2) is 0 Å². The van der Waals surface area contributed by atoms with Gasteiger partial charge in [0.2, 0.25) is 0 Å². The molecule has 0 unspecified atom stereocenters. The molecule has 0 amide bonds. The molecule has 1 aromatic carbocycles. The van der Waals surface area contributed by atoms with Gasteiger partial charge in [0, 0.05) is 37.3 Å². The minimum atomic E-state index is 0.0524. The predicted octanol–water partition coefficient (Wildman–Crippen LogP) is 2.42. The zero-order chi connectivity index (χ0) is 14.4. The molecule has 2 aromatic rings. The van der Waals surface area contributed by atoms with Gasteiger partial charge in [0.05, 0.1) is 0 Å². The Hall–Kier alpha value is -1.87. The van der Waals surface area contributed by atoms with E-state index in [1.54, 1.807) is 16.7 Å². The fourth-order valence-corrected chi connectivity index (χ4v) is 2.24. The molecule has 0 saturated carbocycles. The SMILES string of the molecule is CC(C)(CNCCn1ccccc1=O)c1ccccc1. The van der Waals surface area contributed by atoms with Crippen molar-refractivity contribution in [2.45, 2.75) is 25.8 Å². The largest absolute Gasteiger partial charge is 0.314 e. The van der Waals surface area contributed by atoms with Gasteiger partial charge in [-0.2, -0.15) is 0 Å². The van der Waals surface area contributed by atoms with E-state index in [4.69, 9.17) is 0 Å². The Morgan fingerprint density at radius 1 is 1.05 bits per heavy atom. The summed E-state index contributed by atoms with van der Waals surface area (Å²) in [6.45, 7) is 6.83. The van der Waals surface area contributed by atoms with Gasteiger partial charge in [-0.1, -0.05) is 50.2 Å². The van der Waals surface area contributed by atoms with Crippen molar-refractivity contribution in [3.63, 3.8) is 0 Å². The monoisotopic (exact) mass is 270 g/mol. The van der Waals surface area contributed by atoms with Crippen molar-refractivity contribution < 1.29 is 0 Å². The van der Waals surface area contributed by atoms with Gasteiger partial charge in [-0.15, -0.1) is 0 Å². The molecular weight excluding hydrogens is 248 g/mol. The number of pyridine rings is 1. The van der Waals surface area contributed by atoms with Crippen LogP contribution in [0.2, 0.25) is 0 Å². The summed E-state index contributed by atoms with van der Waals surface area (Å²) >= 11 is 0. The van der Waals surface area contributed by atoms with Crippen LogP contribution in [-0.4, -0.2) is 17.7 Å². The molecule has 0 spiro atoms. The van der Waals surface area contributed by atoms with Crippen molar-refractivity contribution >= 4 is 0 Å². The van der Waals surface area contributed by atoms with Crippen molar-refractivity contribution in [3.8, 4) is 0 Å². The van der Waals surface area contributed by atoms with E-state index in [1.165, 1.54) is 5.56 Å². The standard InChI is InChI=1S/C17H22N2O/c1-17(2,15-8-4-3-5-9-15)14-18-11-13-19-12-7-6-10-16(19)20/h3-10,12,18H,11,13-14H2,1-2H3. The Morgan fingerprint density at radius 3 is 2.45 bits per heavy atom. The van der Waals surface area contributed by atoms with Gasteiger partial charge in [-0.25, -0.2) is 0 Å². The quantitative estimate of drug-likeness (QED) is 0.818. The third-order valence-electron chi connectivity index (χ3n) is 3.55. The minimum absolute atomic E-state index is 0.0524. The zero-order valence-corrected chi connectivity index (χ0v) is 12.2. The number of benzene rings is 1. The van der Waals surface area contributed by atoms with Crippen molar-refractivity contribution in [2.75, 3.05) is 13.1 Å². The maximum Gasteiger partial charge on any atom is 0.250 e. The van der Waals surface area contributed by atoms with E-state index >= 15 is 0 Å². The average molecular weight is 270 g/mol. The molecule has 0 saturated heterocycles. The first-order chi connectivity index (χ1) is 9.59. The second kappa shape index (κ2) is 6.53. The van der Waals surface area contributed by atoms with Crippen molar-refractivity contribution in [2.24, 2.45) is 0 Å². The van der Waals surface area contributed by atoms with Gasteiger partial charge in [0.25, 0.3) is 5.56 Å². The van der Waals surface area contributed by atoms with Crippen molar-refractivity contribution in [1.29, 1.82) is 0 Å². The molecule has 0 aliphatic carbocycles. The van der Waals surface area contributed by atoms with E-state index in [1.807, 2.05) is 18.3 Å². The third-order valence-corrected chi connectivity index (χ3v) is 3.55. The molecule has 0 bridgehead atoms. The van der Waals surface area contributed by atoms with Crippen molar-refractivity contribution in [1.82, 2.24) is 9.88 Å². The molecule has 0 radical (unpaired) electrons. The minimum Gasteiger partial charge on any atom is -0.314 e. The normalized spacial score (nSPS) is 11.5. The number of nitrogens with one attached hydrogen (secondary N) is 1. The van der Waals surface area contributed by atoms with Crippen LogP contribution in [0.15, 0.2) is 59.5 Å². The van der Waals surface area contributed by atoms with E-state index in [0.29, 0.717) is 6.54 Å². The maximum absolute atomic E-state index is 11.6. The van der Waals surface area contributed by atoms with Crippen LogP contribution in [0, 0.1) is 0 Å². The molecule has 0 fully saturated rings. The van der Waals surface area contributed by atoms with Crippen LogP contribution in [0.3, 0.4) is 0 Å². The second-order valence-corrected chi connectivity index (χ2v) is 5.66. The predicted molar refractivity (Wildman–Crippen MR) is 83.0 cm³/mol. The number of hydrogen-bond acceptors (Lipinski definition) is 2. The van der Waals surface area contributed by atoms with E-state index in [2.05, 4.69) is 43.4 Å². The van der Waals surface area contributed by atoms with Gasteiger partial charge in [-0.3, -0.25) is 4.79 Å². The van der Waals surface area contributed by atoms with Crippen molar-refractivity contribution in [3.05, 3.63) is 70.6 Å². The maximum atomic E-state index is 11.6. The third kappa shape index (κ3) is 3.81. The lowest BCUT2D eigenvalue weighted by molar-refractivity contribution is 0.456. The first-order valence-corrected chi connectivity index (χ1v) is 7.01. The highest BCUT2D eigenvalue weighted by atomic mass is 16.1. The van der Waals surface area contributed by atoms with Crippen LogP contribution < -0.4 is 10.9 Å². The van der Waals surface area contributed by atoms with Gasteiger partial charge in [0.1, 0.15) is 0 Å². The first-order valence-electron chi connectivity index (χ1n) is 7.01. The summed E-state index contributed by atoms with van der Waals surface area (Å²) in [6.07, 6.45) is 1.83. The van der Waals surface area contributed by atoms with Crippen LogP contribution in [-0.2, 0) is 12.0 Å². The zero-order valence-electron chi connectivity index (χ0n) is 12.2. The van der Waals surface area contributed by atoms with E-state index < -0.39 is 0 Å². The molecule has 20 heavy (non-hydrogen) atoms. The van der Waals surface area contributed by atoms with Crippen LogP contribution >= 0.6 is 0 Å². The summed E-state index contributed by atoms with van der Waals surface area (Å²) in [7, 11) is 0. The number of hydrogen-bond donors (Lipinski definition) is 1. The Bertz CT molecular complexity index is 587. The fraction of sp³-hybridized carbons (Fsp3) is 0.353. The van der Waals surface area contributed by atoms with Gasteiger partial charge < -0.3 is 9.88 Å². The molecule has 3 nitrogen and oxygen atoms in total. The molecule has 1 N–H and O–H groups in total. The van der Waals surface area contributed by atoms with E-state index in [-0.39, 0.29) is 11.0 Å². The Balaban J connectivity index is 1.84. The highest BCUT2D eigenvalue weighted by Gasteiger charge is 2.19. The Morgan fingerprint density at radius 2 is 1.75 bits per heavy atom. The summed E-state index contributed by atoms with van der Waals surface area (Å²) in [5.74, 6) is 0. The number of rotatable bonds is 6. The molecule has 0 atom stereocenters. The topological polar surface area (TPSA) is 34.0 Å². The fourth-order valence-electron chi connectivity index (χ4n) is 2.24. The molecule has 1 aromatic heterocycles. The summed E-state index contributed by atoms with van der Waals surface area (Å²) < 4.78 is 1.72. The molecule has 106 valence electrons.